The van der Waals surface area contributed by atoms with Crippen LogP contribution in [-0.4, -0.2) is 58.4 Å². The van der Waals surface area contributed by atoms with Gasteiger partial charge in [-0.3, -0.25) is 9.59 Å². The van der Waals surface area contributed by atoms with E-state index in [-0.39, 0.29) is 25.4 Å². The molecule has 3 atom stereocenters. The summed E-state index contributed by atoms with van der Waals surface area (Å²) in [5.41, 5.74) is 0.320. The van der Waals surface area contributed by atoms with E-state index in [0.29, 0.717) is 10.6 Å². The SMILES string of the molecule is CC(C)COC(=O)[C@@H](OC(=O)[C@H](OC(C)(C)O)[C@@H](C)C(=O)ON1C(=O)CCC1=O)c1ccccc1. The summed E-state index contributed by atoms with van der Waals surface area (Å²) in [6.07, 6.45) is -3.44. The number of esters is 2. The minimum absolute atomic E-state index is 0.0307. The molecule has 11 nitrogen and oxygen atoms in total. The molecule has 0 radical (unpaired) electrons. The van der Waals surface area contributed by atoms with Crippen LogP contribution in [0, 0.1) is 11.8 Å². The van der Waals surface area contributed by atoms with Crippen molar-refractivity contribution in [3.63, 3.8) is 0 Å². The number of hydroxylamine groups is 2. The summed E-state index contributed by atoms with van der Waals surface area (Å²) in [6, 6.07) is 8.11. The summed E-state index contributed by atoms with van der Waals surface area (Å²) in [5, 5.41) is 10.5. The first-order chi connectivity index (χ1) is 16.3. The van der Waals surface area contributed by atoms with Crippen molar-refractivity contribution in [2.75, 3.05) is 6.61 Å². The van der Waals surface area contributed by atoms with Crippen LogP contribution in [-0.2, 0) is 43.0 Å². The van der Waals surface area contributed by atoms with E-state index in [4.69, 9.17) is 19.0 Å². The van der Waals surface area contributed by atoms with E-state index in [9.17, 15) is 29.1 Å². The molecule has 2 amide bonds. The maximum atomic E-state index is 13.1. The third-order valence-electron chi connectivity index (χ3n) is 4.77. The van der Waals surface area contributed by atoms with E-state index in [1.54, 1.807) is 30.3 Å². The van der Waals surface area contributed by atoms with E-state index < -0.39 is 53.6 Å². The van der Waals surface area contributed by atoms with E-state index in [0.717, 1.165) is 0 Å². The Morgan fingerprint density at radius 2 is 1.54 bits per heavy atom. The molecule has 11 heteroatoms. The molecule has 0 aliphatic carbocycles. The van der Waals surface area contributed by atoms with E-state index in [1.165, 1.54) is 20.8 Å². The molecule has 2 rings (SSSR count). The first kappa shape index (κ1) is 27.9. The third kappa shape index (κ3) is 8.15. The topological polar surface area (TPSA) is 146 Å². The number of nitrogens with zero attached hydrogens (tertiary/aromatic N) is 1. The van der Waals surface area contributed by atoms with Crippen molar-refractivity contribution >= 4 is 29.7 Å². The van der Waals surface area contributed by atoms with Gasteiger partial charge in [-0.25, -0.2) is 14.4 Å². The lowest BCUT2D eigenvalue weighted by Crippen LogP contribution is -2.45. The lowest BCUT2D eigenvalue weighted by molar-refractivity contribution is -0.235. The number of benzene rings is 1. The van der Waals surface area contributed by atoms with Crippen molar-refractivity contribution in [2.24, 2.45) is 11.8 Å². The maximum Gasteiger partial charge on any atom is 0.352 e. The first-order valence-electron chi connectivity index (χ1n) is 11.2. The monoisotopic (exact) mass is 493 g/mol. The van der Waals surface area contributed by atoms with Crippen molar-refractivity contribution < 1.29 is 48.1 Å². The predicted molar refractivity (Wildman–Crippen MR) is 119 cm³/mol. The molecule has 1 saturated heterocycles. The lowest BCUT2D eigenvalue weighted by atomic mass is 10.0. The lowest BCUT2D eigenvalue weighted by Gasteiger charge is -2.29. The second-order valence-corrected chi connectivity index (χ2v) is 9.02. The van der Waals surface area contributed by atoms with Gasteiger partial charge in [0.25, 0.3) is 11.8 Å². The Labute approximate surface area is 203 Å². The molecular formula is C24H31NO10. The average molecular weight is 494 g/mol. The molecule has 0 aromatic heterocycles. The minimum atomic E-state index is -1.89. The summed E-state index contributed by atoms with van der Waals surface area (Å²) in [4.78, 5) is 67.0. The molecule has 1 aliphatic heterocycles. The maximum absolute atomic E-state index is 13.1. The van der Waals surface area contributed by atoms with Gasteiger partial charge in [0.2, 0.25) is 6.10 Å². The van der Waals surface area contributed by atoms with Gasteiger partial charge in [-0.1, -0.05) is 44.2 Å². The smallest absolute Gasteiger partial charge is 0.352 e. The summed E-state index contributed by atoms with van der Waals surface area (Å²) in [7, 11) is 0. The highest BCUT2D eigenvalue weighted by molar-refractivity contribution is 6.01. The second-order valence-electron chi connectivity index (χ2n) is 9.02. The predicted octanol–water partition coefficient (Wildman–Crippen LogP) is 1.83. The summed E-state index contributed by atoms with van der Waals surface area (Å²) in [5.74, 6) is -7.82. The Hall–Kier alpha value is -3.31. The number of ether oxygens (including phenoxy) is 3. The molecule has 0 spiro atoms. The molecule has 1 heterocycles. The van der Waals surface area contributed by atoms with Crippen molar-refractivity contribution in [3.05, 3.63) is 35.9 Å². The fourth-order valence-electron chi connectivity index (χ4n) is 3.01. The molecule has 1 fully saturated rings. The van der Waals surface area contributed by atoms with Crippen molar-refractivity contribution in [1.29, 1.82) is 0 Å². The van der Waals surface area contributed by atoms with E-state index in [2.05, 4.69) is 0 Å². The zero-order valence-electron chi connectivity index (χ0n) is 20.4. The zero-order valence-corrected chi connectivity index (χ0v) is 20.4. The molecule has 0 saturated carbocycles. The van der Waals surface area contributed by atoms with Crippen LogP contribution in [0.3, 0.4) is 0 Å². The van der Waals surface area contributed by atoms with Gasteiger partial charge in [0.1, 0.15) is 0 Å². The number of rotatable bonds is 11. The van der Waals surface area contributed by atoms with Gasteiger partial charge in [-0.2, -0.15) is 0 Å². The fraction of sp³-hybridized carbons (Fsp3) is 0.542. The van der Waals surface area contributed by atoms with Gasteiger partial charge in [0.05, 0.1) is 12.5 Å². The highest BCUT2D eigenvalue weighted by Crippen LogP contribution is 2.25. The normalized spacial score (nSPS) is 16.6. The number of amides is 2. The molecule has 1 N–H and O–H groups in total. The Balaban J connectivity index is 2.26. The number of carbonyl (C=O) groups excluding carboxylic acids is 5. The van der Waals surface area contributed by atoms with E-state index >= 15 is 0 Å². The minimum Gasteiger partial charge on any atom is -0.462 e. The third-order valence-corrected chi connectivity index (χ3v) is 4.77. The van der Waals surface area contributed by atoms with Gasteiger partial charge in [0, 0.05) is 18.4 Å². The van der Waals surface area contributed by atoms with Crippen molar-refractivity contribution in [1.82, 2.24) is 5.06 Å². The number of imide groups is 1. The molecule has 0 bridgehead atoms. The Bertz CT molecular complexity index is 921. The number of aliphatic hydroxyl groups is 1. The highest BCUT2D eigenvalue weighted by atomic mass is 16.7. The van der Waals surface area contributed by atoms with Gasteiger partial charge >= 0.3 is 17.9 Å². The number of hydrogen-bond acceptors (Lipinski definition) is 10. The van der Waals surface area contributed by atoms with E-state index in [1.807, 2.05) is 13.8 Å². The van der Waals surface area contributed by atoms with Crippen LogP contribution in [0.4, 0.5) is 0 Å². The van der Waals surface area contributed by atoms with Gasteiger partial charge in [-0.15, -0.1) is 5.06 Å². The standard InChI is InChI=1S/C24H31NO10/c1-14(2)13-32-22(29)20(16-9-7-6-8-10-16)33-23(30)19(34-24(4,5)31)15(3)21(28)35-25-17(26)11-12-18(25)27/h6-10,14-15,19-20,31H,11-13H2,1-5H3/t15-,19-,20+/m1/s1. The molecule has 35 heavy (non-hydrogen) atoms. The summed E-state index contributed by atoms with van der Waals surface area (Å²) >= 11 is 0. The van der Waals surface area contributed by atoms with Gasteiger partial charge < -0.3 is 24.2 Å². The molecule has 192 valence electrons. The molecule has 0 unspecified atom stereocenters. The zero-order chi connectivity index (χ0) is 26.3. The summed E-state index contributed by atoms with van der Waals surface area (Å²) < 4.78 is 16.0. The van der Waals surface area contributed by atoms with Crippen LogP contribution in [0.2, 0.25) is 0 Å². The van der Waals surface area contributed by atoms with Crippen LogP contribution in [0.25, 0.3) is 0 Å². The number of hydrogen-bond donors (Lipinski definition) is 1. The average Bonchev–Trinajstić information content (AvgIpc) is 3.10. The Kier molecular flexibility index (Phi) is 9.49. The van der Waals surface area contributed by atoms with Gasteiger partial charge in [0.15, 0.2) is 11.9 Å². The quantitative estimate of drug-likeness (QED) is 0.275. The Morgan fingerprint density at radius 1 is 0.971 bits per heavy atom. The van der Waals surface area contributed by atoms with Crippen LogP contribution in [0.15, 0.2) is 30.3 Å². The van der Waals surface area contributed by atoms with Crippen molar-refractivity contribution in [2.45, 2.75) is 65.5 Å². The molecular weight excluding hydrogens is 462 g/mol. The molecule has 1 aromatic carbocycles. The van der Waals surface area contributed by atoms with Crippen molar-refractivity contribution in [3.8, 4) is 0 Å². The highest BCUT2D eigenvalue weighted by Gasteiger charge is 2.42. The van der Waals surface area contributed by atoms with Crippen LogP contribution < -0.4 is 0 Å². The largest absolute Gasteiger partial charge is 0.462 e. The fourth-order valence-corrected chi connectivity index (χ4v) is 3.01. The second kappa shape index (κ2) is 11.9. The number of carbonyl (C=O) groups is 5. The van der Waals surface area contributed by atoms with Crippen LogP contribution >= 0.6 is 0 Å². The van der Waals surface area contributed by atoms with Crippen LogP contribution in [0.1, 0.15) is 59.1 Å². The first-order valence-corrected chi connectivity index (χ1v) is 11.2. The van der Waals surface area contributed by atoms with Gasteiger partial charge in [-0.05, 0) is 26.7 Å². The molecule has 1 aromatic rings. The van der Waals surface area contributed by atoms with Crippen LogP contribution in [0.5, 0.6) is 0 Å². The Morgan fingerprint density at radius 3 is 2.06 bits per heavy atom. The summed E-state index contributed by atoms with van der Waals surface area (Å²) in [6.45, 7) is 7.46. The molecule has 1 aliphatic rings.